The minimum Gasteiger partial charge on any atom is -0.468 e. The van der Waals surface area contributed by atoms with Crippen molar-refractivity contribution in [2.75, 3.05) is 6.54 Å². The summed E-state index contributed by atoms with van der Waals surface area (Å²) in [6.07, 6.45) is 1.66. The van der Waals surface area contributed by atoms with Gasteiger partial charge in [-0.25, -0.2) is 0 Å². The molecule has 2 heterocycles. The molecule has 0 radical (unpaired) electrons. The number of nitrogens with one attached hydrogen (secondary N) is 1. The second-order valence-corrected chi connectivity index (χ2v) is 6.06. The molecule has 108 valence electrons. The van der Waals surface area contributed by atoms with Crippen molar-refractivity contribution in [3.63, 3.8) is 0 Å². The van der Waals surface area contributed by atoms with Crippen molar-refractivity contribution in [3.8, 4) is 0 Å². The Morgan fingerprint density at radius 3 is 2.80 bits per heavy atom. The van der Waals surface area contributed by atoms with Gasteiger partial charge in [0.1, 0.15) is 5.76 Å². The molecule has 4 nitrogen and oxygen atoms in total. The normalized spacial score (nSPS) is 11.2. The van der Waals surface area contributed by atoms with Crippen LogP contribution in [0.25, 0.3) is 0 Å². The van der Waals surface area contributed by atoms with Gasteiger partial charge in [0.25, 0.3) is 0 Å². The Bertz CT molecular complexity index is 470. The first-order chi connectivity index (χ1) is 9.63. The second-order valence-electron chi connectivity index (χ2n) is 5.03. The molecule has 0 atom stereocenters. The molecule has 1 N–H and O–H groups in total. The molecular formula is C15H20N2O2S. The maximum absolute atomic E-state index is 11.9. The highest BCUT2D eigenvalue weighted by Crippen LogP contribution is 2.14. The highest BCUT2D eigenvalue weighted by Gasteiger charge is 2.14. The number of rotatable bonds is 7. The molecule has 5 heteroatoms. The quantitative estimate of drug-likeness (QED) is 0.853. The topological polar surface area (TPSA) is 45.5 Å². The fourth-order valence-corrected chi connectivity index (χ4v) is 2.73. The Labute approximate surface area is 123 Å². The summed E-state index contributed by atoms with van der Waals surface area (Å²) in [4.78, 5) is 15.3. The van der Waals surface area contributed by atoms with Crippen LogP contribution in [0.4, 0.5) is 0 Å². The van der Waals surface area contributed by atoms with Crippen LogP contribution in [0.3, 0.4) is 0 Å². The number of carbonyl (C=O) groups is 1. The molecule has 0 unspecified atom stereocenters. The Morgan fingerprint density at radius 2 is 2.20 bits per heavy atom. The lowest BCUT2D eigenvalue weighted by molar-refractivity contribution is -0.123. The molecule has 0 aliphatic heterocycles. The minimum atomic E-state index is 0.0445. The summed E-state index contributed by atoms with van der Waals surface area (Å²) in [6.45, 7) is 5.69. The fraction of sp³-hybridized carbons (Fsp3) is 0.400. The predicted octanol–water partition coefficient (Wildman–Crippen LogP) is 2.87. The Kier molecular flexibility index (Phi) is 5.38. The van der Waals surface area contributed by atoms with Gasteiger partial charge in [-0.05, 0) is 37.4 Å². The molecule has 20 heavy (non-hydrogen) atoms. The van der Waals surface area contributed by atoms with Gasteiger partial charge in [0, 0.05) is 17.5 Å². The average molecular weight is 292 g/mol. The van der Waals surface area contributed by atoms with Gasteiger partial charge in [-0.2, -0.15) is 0 Å². The zero-order valence-corrected chi connectivity index (χ0v) is 12.7. The van der Waals surface area contributed by atoms with E-state index in [0.29, 0.717) is 13.1 Å². The molecule has 1 amide bonds. The third-order valence-electron chi connectivity index (χ3n) is 2.74. The summed E-state index contributed by atoms with van der Waals surface area (Å²) >= 11 is 1.70. The van der Waals surface area contributed by atoms with Crippen LogP contribution in [0.2, 0.25) is 0 Å². The van der Waals surface area contributed by atoms with Crippen molar-refractivity contribution in [2.24, 2.45) is 0 Å². The first-order valence-corrected chi connectivity index (χ1v) is 7.58. The van der Waals surface area contributed by atoms with Crippen molar-refractivity contribution >= 4 is 17.2 Å². The van der Waals surface area contributed by atoms with Crippen LogP contribution < -0.4 is 5.32 Å². The van der Waals surface area contributed by atoms with Crippen LogP contribution in [0, 0.1) is 0 Å². The second kappa shape index (κ2) is 7.26. The summed E-state index contributed by atoms with van der Waals surface area (Å²) in [7, 11) is 0. The molecule has 0 aliphatic rings. The molecule has 2 aromatic heterocycles. The maximum Gasteiger partial charge on any atom is 0.234 e. The van der Waals surface area contributed by atoms with E-state index in [-0.39, 0.29) is 11.9 Å². The van der Waals surface area contributed by atoms with E-state index in [1.54, 1.807) is 17.6 Å². The highest BCUT2D eigenvalue weighted by molar-refractivity contribution is 7.09. The molecular weight excluding hydrogens is 272 g/mol. The first kappa shape index (κ1) is 14.8. The van der Waals surface area contributed by atoms with E-state index in [1.165, 1.54) is 4.88 Å². The molecule has 0 aliphatic carbocycles. The molecule has 0 saturated heterocycles. The average Bonchev–Trinajstić information content (AvgIpc) is 3.00. The maximum atomic E-state index is 11.9. The summed E-state index contributed by atoms with van der Waals surface area (Å²) < 4.78 is 5.38. The standard InChI is InChI=1S/C15H20N2O2S/c1-12(2)16-15(18)11-17(9-13-5-3-7-19-13)10-14-6-4-8-20-14/h3-8,12H,9-11H2,1-2H3,(H,16,18). The van der Waals surface area contributed by atoms with E-state index in [2.05, 4.69) is 21.7 Å². The lowest BCUT2D eigenvalue weighted by Crippen LogP contribution is -2.39. The zero-order valence-electron chi connectivity index (χ0n) is 11.8. The number of amides is 1. The lowest BCUT2D eigenvalue weighted by atomic mass is 10.3. The van der Waals surface area contributed by atoms with E-state index < -0.39 is 0 Å². The summed E-state index contributed by atoms with van der Waals surface area (Å²) in [5, 5.41) is 4.97. The number of nitrogens with zero attached hydrogens (tertiary/aromatic N) is 1. The van der Waals surface area contributed by atoms with Crippen LogP contribution in [-0.4, -0.2) is 23.4 Å². The van der Waals surface area contributed by atoms with Gasteiger partial charge >= 0.3 is 0 Å². The summed E-state index contributed by atoms with van der Waals surface area (Å²) in [5.41, 5.74) is 0. The molecule has 0 aromatic carbocycles. The molecule has 2 rings (SSSR count). The van der Waals surface area contributed by atoms with Crippen molar-refractivity contribution in [3.05, 3.63) is 46.5 Å². The van der Waals surface area contributed by atoms with Crippen LogP contribution >= 0.6 is 11.3 Å². The largest absolute Gasteiger partial charge is 0.468 e. The fourth-order valence-electron chi connectivity index (χ4n) is 1.98. The van der Waals surface area contributed by atoms with E-state index in [0.717, 1.165) is 12.3 Å². The van der Waals surface area contributed by atoms with Crippen LogP contribution in [0.5, 0.6) is 0 Å². The minimum absolute atomic E-state index is 0.0445. The van der Waals surface area contributed by atoms with Crippen LogP contribution in [0.1, 0.15) is 24.5 Å². The van der Waals surface area contributed by atoms with Gasteiger partial charge in [-0.15, -0.1) is 11.3 Å². The van der Waals surface area contributed by atoms with E-state index in [9.17, 15) is 4.79 Å². The van der Waals surface area contributed by atoms with Gasteiger partial charge in [-0.3, -0.25) is 9.69 Å². The van der Waals surface area contributed by atoms with Crippen molar-refractivity contribution in [1.82, 2.24) is 10.2 Å². The van der Waals surface area contributed by atoms with Gasteiger partial charge in [0.2, 0.25) is 5.91 Å². The van der Waals surface area contributed by atoms with E-state index in [1.807, 2.05) is 32.0 Å². The lowest BCUT2D eigenvalue weighted by Gasteiger charge is -2.20. The van der Waals surface area contributed by atoms with Crippen molar-refractivity contribution in [2.45, 2.75) is 33.0 Å². The molecule has 0 fully saturated rings. The van der Waals surface area contributed by atoms with Gasteiger partial charge in [0.05, 0.1) is 19.4 Å². The third-order valence-corrected chi connectivity index (χ3v) is 3.60. The first-order valence-electron chi connectivity index (χ1n) is 6.70. The number of thiophene rings is 1. The SMILES string of the molecule is CC(C)NC(=O)CN(Cc1ccco1)Cc1cccs1. The zero-order chi connectivity index (χ0) is 14.4. The van der Waals surface area contributed by atoms with E-state index in [4.69, 9.17) is 4.42 Å². The van der Waals surface area contributed by atoms with Gasteiger partial charge in [0.15, 0.2) is 0 Å². The van der Waals surface area contributed by atoms with Crippen LogP contribution in [0.15, 0.2) is 40.3 Å². The summed E-state index contributed by atoms with van der Waals surface area (Å²) in [6, 6.07) is 8.07. The highest BCUT2D eigenvalue weighted by atomic mass is 32.1. The monoisotopic (exact) mass is 292 g/mol. The molecule has 2 aromatic rings. The van der Waals surface area contributed by atoms with Gasteiger partial charge < -0.3 is 9.73 Å². The number of hydrogen-bond donors (Lipinski definition) is 1. The van der Waals surface area contributed by atoms with Crippen molar-refractivity contribution < 1.29 is 9.21 Å². The predicted molar refractivity (Wildman–Crippen MR) is 80.4 cm³/mol. The molecule has 0 saturated carbocycles. The van der Waals surface area contributed by atoms with Gasteiger partial charge in [-0.1, -0.05) is 6.07 Å². The smallest absolute Gasteiger partial charge is 0.234 e. The van der Waals surface area contributed by atoms with Crippen LogP contribution in [-0.2, 0) is 17.9 Å². The molecule has 0 spiro atoms. The molecule has 0 bridgehead atoms. The Hall–Kier alpha value is -1.59. The number of furan rings is 1. The number of carbonyl (C=O) groups excluding carboxylic acids is 1. The van der Waals surface area contributed by atoms with E-state index >= 15 is 0 Å². The summed E-state index contributed by atoms with van der Waals surface area (Å²) in [5.74, 6) is 0.919. The Morgan fingerprint density at radius 1 is 1.35 bits per heavy atom. The Balaban J connectivity index is 1.97. The third kappa shape index (κ3) is 4.83. The number of hydrogen-bond acceptors (Lipinski definition) is 4. The van der Waals surface area contributed by atoms with Crippen molar-refractivity contribution in [1.29, 1.82) is 0 Å².